The normalized spacial score (nSPS) is 10.9. The van der Waals surface area contributed by atoms with Gasteiger partial charge in [0.05, 0.1) is 4.88 Å². The van der Waals surface area contributed by atoms with Crippen molar-refractivity contribution < 1.29 is 18.7 Å². The molecule has 0 saturated heterocycles. The van der Waals surface area contributed by atoms with Crippen LogP contribution in [0.15, 0.2) is 57.6 Å². The highest BCUT2D eigenvalue weighted by molar-refractivity contribution is 7.20. The SMILES string of the molecule is O=C(OCC(=O)c1cc2ccccc2o1)c1csc(-c2cccs2)n1. The number of fused-ring (bicyclic) bond motifs is 1. The monoisotopic (exact) mass is 369 g/mol. The molecule has 124 valence electrons. The van der Waals surface area contributed by atoms with Crippen LogP contribution < -0.4 is 0 Å². The van der Waals surface area contributed by atoms with Gasteiger partial charge in [0.25, 0.3) is 0 Å². The Balaban J connectivity index is 1.42. The zero-order chi connectivity index (χ0) is 17.2. The van der Waals surface area contributed by atoms with Gasteiger partial charge in [0.1, 0.15) is 10.6 Å². The Bertz CT molecular complexity index is 1010. The minimum atomic E-state index is -0.622. The number of furan rings is 1. The number of ether oxygens (including phenoxy) is 1. The highest BCUT2D eigenvalue weighted by atomic mass is 32.1. The fourth-order valence-electron chi connectivity index (χ4n) is 2.28. The Hall–Kier alpha value is -2.77. The van der Waals surface area contributed by atoms with E-state index in [-0.39, 0.29) is 18.1 Å². The molecule has 0 aliphatic rings. The van der Waals surface area contributed by atoms with Crippen molar-refractivity contribution in [2.75, 3.05) is 6.61 Å². The van der Waals surface area contributed by atoms with Crippen LogP contribution in [-0.4, -0.2) is 23.3 Å². The average molecular weight is 369 g/mol. The number of ketones is 1. The first kappa shape index (κ1) is 15.7. The molecule has 0 N–H and O–H groups in total. The molecular formula is C18H11NO4S2. The summed E-state index contributed by atoms with van der Waals surface area (Å²) in [6.45, 7) is -0.384. The summed E-state index contributed by atoms with van der Waals surface area (Å²) in [5.74, 6) is -0.840. The number of benzene rings is 1. The van der Waals surface area contributed by atoms with Gasteiger partial charge in [0, 0.05) is 10.8 Å². The Morgan fingerprint density at radius 2 is 2.00 bits per heavy atom. The third-order valence-corrected chi connectivity index (χ3v) is 5.36. The van der Waals surface area contributed by atoms with Crippen LogP contribution >= 0.6 is 22.7 Å². The lowest BCUT2D eigenvalue weighted by Crippen LogP contribution is -2.14. The van der Waals surface area contributed by atoms with E-state index >= 15 is 0 Å². The molecule has 0 atom stereocenters. The van der Waals surface area contributed by atoms with Crippen molar-refractivity contribution >= 4 is 45.4 Å². The van der Waals surface area contributed by atoms with Crippen LogP contribution in [0.25, 0.3) is 20.9 Å². The Labute approximate surface area is 150 Å². The van der Waals surface area contributed by atoms with Crippen molar-refractivity contribution in [2.45, 2.75) is 0 Å². The van der Waals surface area contributed by atoms with Crippen molar-refractivity contribution in [1.29, 1.82) is 0 Å². The van der Waals surface area contributed by atoms with E-state index in [1.165, 1.54) is 11.3 Å². The highest BCUT2D eigenvalue weighted by Gasteiger charge is 2.18. The van der Waals surface area contributed by atoms with Crippen molar-refractivity contribution in [3.05, 3.63) is 64.7 Å². The van der Waals surface area contributed by atoms with E-state index in [1.54, 1.807) is 28.8 Å². The lowest BCUT2D eigenvalue weighted by atomic mass is 10.2. The Morgan fingerprint density at radius 1 is 1.12 bits per heavy atom. The number of hydrogen-bond acceptors (Lipinski definition) is 7. The number of rotatable bonds is 5. The molecule has 5 nitrogen and oxygen atoms in total. The summed E-state index contributed by atoms with van der Waals surface area (Å²) >= 11 is 2.91. The first-order valence-corrected chi connectivity index (χ1v) is 9.15. The number of hydrogen-bond donors (Lipinski definition) is 0. The highest BCUT2D eigenvalue weighted by Crippen LogP contribution is 2.28. The van der Waals surface area contributed by atoms with Crippen molar-refractivity contribution in [3.63, 3.8) is 0 Å². The first-order chi connectivity index (χ1) is 12.2. The van der Waals surface area contributed by atoms with Crippen LogP contribution in [0.4, 0.5) is 0 Å². The van der Waals surface area contributed by atoms with E-state index in [4.69, 9.17) is 9.15 Å². The van der Waals surface area contributed by atoms with Crippen LogP contribution in [0, 0.1) is 0 Å². The number of esters is 1. The minimum absolute atomic E-state index is 0.173. The summed E-state index contributed by atoms with van der Waals surface area (Å²) in [7, 11) is 0. The molecule has 3 aromatic heterocycles. The summed E-state index contributed by atoms with van der Waals surface area (Å²) in [5.41, 5.74) is 0.822. The lowest BCUT2D eigenvalue weighted by molar-refractivity contribution is 0.0463. The van der Waals surface area contributed by atoms with Crippen LogP contribution in [0.5, 0.6) is 0 Å². The van der Waals surface area contributed by atoms with E-state index < -0.39 is 11.8 Å². The number of para-hydroxylation sites is 1. The molecule has 0 aliphatic carbocycles. The number of nitrogens with zero attached hydrogens (tertiary/aromatic N) is 1. The van der Waals surface area contributed by atoms with E-state index in [0.717, 1.165) is 15.3 Å². The number of carbonyl (C=O) groups excluding carboxylic acids is 2. The summed E-state index contributed by atoms with van der Waals surface area (Å²) in [4.78, 5) is 29.5. The van der Waals surface area contributed by atoms with Gasteiger partial charge in [-0.3, -0.25) is 4.79 Å². The van der Waals surface area contributed by atoms with Crippen LogP contribution in [0.2, 0.25) is 0 Å². The van der Waals surface area contributed by atoms with Gasteiger partial charge in [-0.1, -0.05) is 24.3 Å². The van der Waals surface area contributed by atoms with Crippen molar-refractivity contribution in [2.24, 2.45) is 0 Å². The maximum atomic E-state index is 12.2. The molecule has 1 aromatic carbocycles. The first-order valence-electron chi connectivity index (χ1n) is 7.39. The minimum Gasteiger partial charge on any atom is -0.453 e. The van der Waals surface area contributed by atoms with E-state index in [2.05, 4.69) is 4.98 Å². The molecule has 0 fully saturated rings. The van der Waals surface area contributed by atoms with Crippen LogP contribution in [-0.2, 0) is 4.74 Å². The predicted molar refractivity (Wildman–Crippen MR) is 96.3 cm³/mol. The second-order valence-electron chi connectivity index (χ2n) is 5.16. The van der Waals surface area contributed by atoms with Gasteiger partial charge in [-0.2, -0.15) is 0 Å². The summed E-state index contributed by atoms with van der Waals surface area (Å²) in [5, 5.41) is 5.16. The maximum Gasteiger partial charge on any atom is 0.358 e. The number of thiazole rings is 1. The van der Waals surface area contributed by atoms with E-state index in [1.807, 2.05) is 35.7 Å². The molecule has 25 heavy (non-hydrogen) atoms. The molecule has 0 spiro atoms. The third kappa shape index (κ3) is 3.24. The van der Waals surface area contributed by atoms with Gasteiger partial charge in [0.2, 0.25) is 5.78 Å². The lowest BCUT2D eigenvalue weighted by Gasteiger charge is -2.00. The Kier molecular flexibility index (Phi) is 4.17. The topological polar surface area (TPSA) is 69.4 Å². The molecule has 0 saturated carbocycles. The summed E-state index contributed by atoms with van der Waals surface area (Å²) in [6.07, 6.45) is 0. The largest absolute Gasteiger partial charge is 0.453 e. The molecular weight excluding hydrogens is 358 g/mol. The zero-order valence-corrected chi connectivity index (χ0v) is 14.4. The molecule has 0 bridgehead atoms. The third-order valence-electron chi connectivity index (χ3n) is 3.48. The van der Waals surface area contributed by atoms with Crippen molar-refractivity contribution in [3.8, 4) is 9.88 Å². The summed E-state index contributed by atoms with van der Waals surface area (Å²) in [6, 6.07) is 12.8. The molecule has 0 amide bonds. The predicted octanol–water partition coefficient (Wildman–Crippen LogP) is 4.66. The summed E-state index contributed by atoms with van der Waals surface area (Å²) < 4.78 is 10.5. The van der Waals surface area contributed by atoms with Gasteiger partial charge < -0.3 is 9.15 Å². The fraction of sp³-hybridized carbons (Fsp3) is 0.0556. The second kappa shape index (κ2) is 6.62. The fourth-order valence-corrected chi connectivity index (χ4v) is 3.88. The molecule has 0 unspecified atom stereocenters. The van der Waals surface area contributed by atoms with Gasteiger partial charge in [-0.05, 0) is 23.6 Å². The van der Waals surface area contributed by atoms with E-state index in [0.29, 0.717) is 5.58 Å². The van der Waals surface area contributed by atoms with Gasteiger partial charge in [0.15, 0.2) is 18.1 Å². The van der Waals surface area contributed by atoms with Gasteiger partial charge in [-0.25, -0.2) is 9.78 Å². The number of aromatic nitrogens is 1. The molecule has 4 aromatic rings. The number of carbonyl (C=O) groups is 2. The molecule has 0 aliphatic heterocycles. The molecule has 4 rings (SSSR count). The number of Topliss-reactive ketones (excluding diaryl/α,β-unsaturated/α-hetero) is 1. The number of thiophene rings is 1. The second-order valence-corrected chi connectivity index (χ2v) is 6.97. The molecule has 3 heterocycles. The zero-order valence-electron chi connectivity index (χ0n) is 12.8. The van der Waals surface area contributed by atoms with Gasteiger partial charge >= 0.3 is 5.97 Å². The van der Waals surface area contributed by atoms with Crippen LogP contribution in [0.1, 0.15) is 21.0 Å². The molecule has 7 heteroatoms. The quantitative estimate of drug-likeness (QED) is 0.378. The molecule has 0 radical (unpaired) electrons. The van der Waals surface area contributed by atoms with Gasteiger partial charge in [-0.15, -0.1) is 22.7 Å². The van der Waals surface area contributed by atoms with Crippen LogP contribution in [0.3, 0.4) is 0 Å². The maximum absolute atomic E-state index is 12.2. The smallest absolute Gasteiger partial charge is 0.358 e. The average Bonchev–Trinajstić information content (AvgIpc) is 3.38. The van der Waals surface area contributed by atoms with Crippen molar-refractivity contribution in [1.82, 2.24) is 4.98 Å². The standard InChI is InChI=1S/C18H11NO4S2/c20-13(15-8-11-4-1-2-5-14(11)23-15)9-22-18(21)12-10-25-17(19-12)16-6-3-7-24-16/h1-8,10H,9H2. The Morgan fingerprint density at radius 3 is 2.80 bits per heavy atom. The van der Waals surface area contributed by atoms with E-state index in [9.17, 15) is 9.59 Å².